The third-order valence-corrected chi connectivity index (χ3v) is 20.4. The minimum atomic E-state index is -1.47. The van der Waals surface area contributed by atoms with Crippen molar-refractivity contribution < 1.29 is 0 Å². The zero-order chi connectivity index (χ0) is 25.5. The van der Waals surface area contributed by atoms with Crippen LogP contribution in [-0.2, 0) is 0 Å². The summed E-state index contributed by atoms with van der Waals surface area (Å²) >= 11 is 2.48. The summed E-state index contributed by atoms with van der Waals surface area (Å²) in [6.45, 7) is 13.9. The molecule has 0 N–H and O–H groups in total. The summed E-state index contributed by atoms with van der Waals surface area (Å²) in [5.41, 5.74) is 3.76. The van der Waals surface area contributed by atoms with Crippen molar-refractivity contribution in [3.8, 4) is 0 Å². The highest BCUT2D eigenvalue weighted by atomic mass is 32.2. The smallest absolute Gasteiger partial charge is 0.0547 e. The number of hydrogen-bond acceptors (Lipinski definition) is 1. The first-order valence-electron chi connectivity index (χ1n) is 16.0. The normalized spacial score (nSPS) is 45.5. The van der Waals surface area contributed by atoms with E-state index in [1.807, 2.05) is 0 Å². The van der Waals surface area contributed by atoms with Gasteiger partial charge in [0.05, 0.1) is 8.07 Å². The lowest BCUT2D eigenvalue weighted by Gasteiger charge is -2.49. The van der Waals surface area contributed by atoms with Gasteiger partial charge in [-0.2, -0.15) is 11.8 Å². The molecule has 2 aromatic rings. The van der Waals surface area contributed by atoms with Crippen LogP contribution in [0.3, 0.4) is 0 Å². The summed E-state index contributed by atoms with van der Waals surface area (Å²) in [5.74, 6) is 7.56. The van der Waals surface area contributed by atoms with Crippen LogP contribution >= 0.6 is 11.8 Å². The summed E-state index contributed by atoms with van der Waals surface area (Å²) in [6, 6.07) is 16.4. The molecule has 0 amide bonds. The fourth-order valence-corrected chi connectivity index (χ4v) is 21.0. The molecule has 4 aliphatic carbocycles. The van der Waals surface area contributed by atoms with Gasteiger partial charge in [0.25, 0.3) is 0 Å². The maximum atomic E-state index is 2.91. The number of thioether (sulfide) groups is 1. The second kappa shape index (κ2) is 9.43. The van der Waals surface area contributed by atoms with E-state index in [0.717, 1.165) is 68.9 Å². The first kappa shape index (κ1) is 25.2. The average Bonchev–Trinajstić information content (AvgIpc) is 3.52. The Labute approximate surface area is 232 Å². The van der Waals surface area contributed by atoms with E-state index in [1.165, 1.54) is 55.7 Å². The van der Waals surface area contributed by atoms with Crippen LogP contribution in [0, 0.1) is 41.4 Å². The zero-order valence-corrected chi connectivity index (χ0v) is 25.9. The predicted octanol–water partition coefficient (Wildman–Crippen LogP) is 10.4. The van der Waals surface area contributed by atoms with Crippen LogP contribution in [0.4, 0.5) is 0 Å². The highest BCUT2D eigenvalue weighted by Crippen LogP contribution is 2.70. The standard InChI is InChI=1S/C35H50SSi/c1-21-20-30-27(26-16-10-13-24-12-6-7-14-25(24)26)17-11-18-28(30)34(21)37(4,5)35-23(3)22(2)33-32(35)29-15-8-9-19-31(29)36-33/h6-7,10,12-14,16,21-23,27-35H,8-9,11,15,17-20H2,1-5H3. The molecule has 0 aromatic heterocycles. The Hall–Kier alpha value is -0.733. The van der Waals surface area contributed by atoms with Crippen molar-refractivity contribution in [2.45, 2.75) is 113 Å². The molecule has 5 aliphatic rings. The lowest BCUT2D eigenvalue weighted by Crippen LogP contribution is -2.48. The first-order chi connectivity index (χ1) is 17.9. The SMILES string of the molecule is CC1CC2C(c3cccc4ccccc34)CCCC2C1[Si](C)(C)C1C(C)C(C)C2SC3CCCCC3C21. The van der Waals surface area contributed by atoms with Gasteiger partial charge in [-0.15, -0.1) is 0 Å². The second-order valence-corrected chi connectivity index (χ2v) is 21.3. The zero-order valence-electron chi connectivity index (χ0n) is 24.0. The van der Waals surface area contributed by atoms with E-state index in [2.05, 4.69) is 88.1 Å². The molecule has 12 atom stereocenters. The van der Waals surface area contributed by atoms with Gasteiger partial charge < -0.3 is 0 Å². The number of hydrogen-bond donors (Lipinski definition) is 0. The summed E-state index contributed by atoms with van der Waals surface area (Å²) in [6.07, 6.45) is 12.0. The maximum absolute atomic E-state index is 2.91. The Morgan fingerprint density at radius 3 is 2.35 bits per heavy atom. The lowest BCUT2D eigenvalue weighted by molar-refractivity contribution is 0.233. The van der Waals surface area contributed by atoms with E-state index < -0.39 is 8.07 Å². The Balaban J connectivity index is 1.22. The molecule has 2 aromatic carbocycles. The summed E-state index contributed by atoms with van der Waals surface area (Å²) in [5, 5.41) is 4.96. The Morgan fingerprint density at radius 2 is 1.49 bits per heavy atom. The molecular weight excluding hydrogens is 481 g/mol. The van der Waals surface area contributed by atoms with E-state index in [-0.39, 0.29) is 0 Å². The molecule has 200 valence electrons. The van der Waals surface area contributed by atoms with E-state index in [9.17, 15) is 0 Å². The van der Waals surface area contributed by atoms with E-state index in [0.29, 0.717) is 0 Å². The van der Waals surface area contributed by atoms with Crippen molar-refractivity contribution in [3.63, 3.8) is 0 Å². The van der Waals surface area contributed by atoms with E-state index in [1.54, 1.807) is 12.0 Å². The average molecular weight is 531 g/mol. The largest absolute Gasteiger partial charge is 0.154 e. The van der Waals surface area contributed by atoms with Crippen LogP contribution in [0.25, 0.3) is 10.8 Å². The molecule has 5 fully saturated rings. The van der Waals surface area contributed by atoms with E-state index in [4.69, 9.17) is 0 Å². The summed E-state index contributed by atoms with van der Waals surface area (Å²) in [7, 11) is -1.47. The van der Waals surface area contributed by atoms with Crippen LogP contribution in [0.5, 0.6) is 0 Å². The van der Waals surface area contributed by atoms with Crippen molar-refractivity contribution in [1.82, 2.24) is 0 Å². The van der Waals surface area contributed by atoms with Gasteiger partial charge >= 0.3 is 0 Å². The topological polar surface area (TPSA) is 0 Å². The van der Waals surface area contributed by atoms with Crippen molar-refractivity contribution in [2.24, 2.45) is 41.4 Å². The molecule has 0 spiro atoms. The number of rotatable bonds is 3. The van der Waals surface area contributed by atoms with Gasteiger partial charge in [0.2, 0.25) is 0 Å². The number of benzene rings is 2. The first-order valence-corrected chi connectivity index (χ1v) is 20.1. The third kappa shape index (κ3) is 3.81. The minimum absolute atomic E-state index is 0.777. The molecule has 7 rings (SSSR count). The van der Waals surface area contributed by atoms with Crippen LogP contribution in [0.15, 0.2) is 42.5 Å². The van der Waals surface area contributed by atoms with Gasteiger partial charge in [-0.25, -0.2) is 0 Å². The monoisotopic (exact) mass is 530 g/mol. The molecular formula is C35H50SSi. The highest BCUT2D eigenvalue weighted by molar-refractivity contribution is 8.00. The van der Waals surface area contributed by atoms with Crippen LogP contribution < -0.4 is 0 Å². The van der Waals surface area contributed by atoms with E-state index >= 15 is 0 Å². The second-order valence-electron chi connectivity index (χ2n) is 14.9. The van der Waals surface area contributed by atoms with Crippen molar-refractivity contribution in [1.29, 1.82) is 0 Å². The third-order valence-electron chi connectivity index (χ3n) is 13.1. The van der Waals surface area contributed by atoms with Gasteiger partial charge in [0.1, 0.15) is 0 Å². The fraction of sp³-hybridized carbons (Fsp3) is 0.714. The van der Waals surface area contributed by atoms with Crippen LogP contribution in [0.1, 0.15) is 83.6 Å². The van der Waals surface area contributed by atoms with Crippen LogP contribution in [-0.4, -0.2) is 18.6 Å². The minimum Gasteiger partial charge on any atom is -0.154 e. The lowest BCUT2D eigenvalue weighted by atomic mass is 9.70. The molecule has 2 heteroatoms. The number of fused-ring (bicyclic) bond motifs is 5. The Bertz CT molecular complexity index is 1130. The van der Waals surface area contributed by atoms with Crippen molar-refractivity contribution in [2.75, 3.05) is 0 Å². The summed E-state index contributed by atoms with van der Waals surface area (Å²) < 4.78 is 0. The summed E-state index contributed by atoms with van der Waals surface area (Å²) in [4.78, 5) is 0. The predicted molar refractivity (Wildman–Crippen MR) is 165 cm³/mol. The molecule has 1 heterocycles. The van der Waals surface area contributed by atoms with Gasteiger partial charge in [-0.1, -0.05) is 102 Å². The van der Waals surface area contributed by atoms with Gasteiger partial charge in [0.15, 0.2) is 0 Å². The van der Waals surface area contributed by atoms with Crippen LogP contribution in [0.2, 0.25) is 24.2 Å². The fourth-order valence-electron chi connectivity index (χ4n) is 11.9. The molecule has 4 saturated carbocycles. The van der Waals surface area contributed by atoms with Gasteiger partial charge in [0, 0.05) is 10.5 Å². The Kier molecular flexibility index (Phi) is 6.44. The van der Waals surface area contributed by atoms with Gasteiger partial charge in [-0.3, -0.25) is 0 Å². The van der Waals surface area contributed by atoms with Gasteiger partial charge in [-0.05, 0) is 100 Å². The molecule has 0 radical (unpaired) electrons. The molecule has 1 aliphatic heterocycles. The maximum Gasteiger partial charge on any atom is 0.0547 e. The quantitative estimate of drug-likeness (QED) is 0.356. The Morgan fingerprint density at radius 1 is 0.730 bits per heavy atom. The molecule has 1 saturated heterocycles. The molecule has 0 bridgehead atoms. The van der Waals surface area contributed by atoms with Crippen molar-refractivity contribution in [3.05, 3.63) is 48.0 Å². The molecule has 12 unspecified atom stereocenters. The highest BCUT2D eigenvalue weighted by Gasteiger charge is 2.64. The molecule has 37 heavy (non-hydrogen) atoms. The van der Waals surface area contributed by atoms with Crippen molar-refractivity contribution >= 4 is 30.6 Å². The molecule has 0 nitrogen and oxygen atoms in total.